The molecule has 0 atom stereocenters. The van der Waals surface area contributed by atoms with Crippen molar-refractivity contribution in [2.24, 2.45) is 10.8 Å². The van der Waals surface area contributed by atoms with E-state index in [0.29, 0.717) is 5.88 Å². The molecule has 0 rings (SSSR count). The second-order valence-corrected chi connectivity index (χ2v) is 2.38. The largest absolute Gasteiger partial charge is 0.322 e. The number of nitrogens with two attached hydrogens (primary N) is 1. The first-order valence-electron chi connectivity index (χ1n) is 2.35. The molecular weight excluding hydrogens is 122 g/mol. The molecule has 0 aliphatic carbocycles. The van der Waals surface area contributed by atoms with Gasteiger partial charge in [-0.15, -0.1) is 0 Å². The smallest absolute Gasteiger partial charge is 0.0912 e. The van der Waals surface area contributed by atoms with Crippen molar-refractivity contribution in [1.82, 2.24) is 5.43 Å². The molecule has 0 fully saturated rings. The van der Waals surface area contributed by atoms with Crippen molar-refractivity contribution in [2.75, 3.05) is 12.9 Å². The molecular formula is C4H11N3S. The van der Waals surface area contributed by atoms with Crippen LogP contribution in [0.25, 0.3) is 0 Å². The SMILES string of the molecule is CN/N=C(/C)SCN. The van der Waals surface area contributed by atoms with Gasteiger partial charge in [0.05, 0.1) is 5.04 Å². The average Bonchev–Trinajstić information content (AvgIpc) is 1.68. The lowest BCUT2D eigenvalue weighted by molar-refractivity contribution is 0.904. The molecule has 0 saturated heterocycles. The van der Waals surface area contributed by atoms with Crippen molar-refractivity contribution in [3.63, 3.8) is 0 Å². The Hall–Kier alpha value is -0.220. The summed E-state index contributed by atoms with van der Waals surface area (Å²) in [5.41, 5.74) is 7.88. The lowest BCUT2D eigenvalue weighted by Gasteiger charge is -1.93. The number of nitrogens with one attached hydrogen (secondary N) is 1. The van der Waals surface area contributed by atoms with E-state index in [-0.39, 0.29) is 0 Å². The molecule has 0 aromatic heterocycles. The van der Waals surface area contributed by atoms with Crippen LogP contribution < -0.4 is 11.2 Å². The Balaban J connectivity index is 3.29. The molecule has 0 aliphatic rings. The highest BCUT2D eigenvalue weighted by molar-refractivity contribution is 8.13. The first kappa shape index (κ1) is 7.78. The Morgan fingerprint density at radius 3 is 2.88 bits per heavy atom. The van der Waals surface area contributed by atoms with Crippen LogP contribution in [-0.2, 0) is 0 Å². The average molecular weight is 133 g/mol. The van der Waals surface area contributed by atoms with Gasteiger partial charge >= 0.3 is 0 Å². The topological polar surface area (TPSA) is 50.4 Å². The highest BCUT2D eigenvalue weighted by Gasteiger charge is 1.84. The van der Waals surface area contributed by atoms with E-state index >= 15 is 0 Å². The van der Waals surface area contributed by atoms with Crippen molar-refractivity contribution in [3.8, 4) is 0 Å². The summed E-state index contributed by atoms with van der Waals surface area (Å²) in [6.07, 6.45) is 0. The van der Waals surface area contributed by atoms with Gasteiger partial charge in [0.15, 0.2) is 0 Å². The zero-order valence-electron chi connectivity index (χ0n) is 5.14. The highest BCUT2D eigenvalue weighted by Crippen LogP contribution is 1.96. The van der Waals surface area contributed by atoms with E-state index in [1.54, 1.807) is 7.05 Å². The van der Waals surface area contributed by atoms with E-state index in [1.165, 1.54) is 11.8 Å². The Kier molecular flexibility index (Phi) is 4.79. The molecule has 0 spiro atoms. The van der Waals surface area contributed by atoms with Crippen LogP contribution in [0.15, 0.2) is 5.10 Å². The molecule has 48 valence electrons. The van der Waals surface area contributed by atoms with Gasteiger partial charge in [0.1, 0.15) is 0 Å². The Morgan fingerprint density at radius 1 is 1.88 bits per heavy atom. The fourth-order valence-electron chi connectivity index (χ4n) is 0.310. The lowest BCUT2D eigenvalue weighted by atomic mass is 10.9. The third-order valence-corrected chi connectivity index (χ3v) is 1.24. The molecule has 0 radical (unpaired) electrons. The normalized spacial score (nSPS) is 11.6. The maximum atomic E-state index is 5.21. The van der Waals surface area contributed by atoms with Crippen LogP contribution in [0.3, 0.4) is 0 Å². The van der Waals surface area contributed by atoms with E-state index in [9.17, 15) is 0 Å². The number of hydrazone groups is 1. The summed E-state index contributed by atoms with van der Waals surface area (Å²) in [4.78, 5) is 0. The van der Waals surface area contributed by atoms with Crippen LogP contribution in [0.2, 0.25) is 0 Å². The minimum Gasteiger partial charge on any atom is -0.322 e. The molecule has 4 heteroatoms. The van der Waals surface area contributed by atoms with Crippen molar-refractivity contribution in [1.29, 1.82) is 0 Å². The van der Waals surface area contributed by atoms with E-state index < -0.39 is 0 Å². The zero-order chi connectivity index (χ0) is 6.41. The number of hydrogen-bond acceptors (Lipinski definition) is 4. The third-order valence-electron chi connectivity index (χ3n) is 0.561. The van der Waals surface area contributed by atoms with Crippen molar-refractivity contribution >= 4 is 16.8 Å². The van der Waals surface area contributed by atoms with Gasteiger partial charge in [-0.2, -0.15) is 5.10 Å². The molecule has 0 heterocycles. The van der Waals surface area contributed by atoms with E-state index in [2.05, 4.69) is 10.5 Å². The van der Waals surface area contributed by atoms with Crippen molar-refractivity contribution < 1.29 is 0 Å². The zero-order valence-corrected chi connectivity index (χ0v) is 5.96. The molecule has 0 aromatic carbocycles. The maximum Gasteiger partial charge on any atom is 0.0912 e. The molecule has 3 nitrogen and oxygen atoms in total. The molecule has 3 N–H and O–H groups in total. The summed E-state index contributed by atoms with van der Waals surface area (Å²) in [6.45, 7) is 1.91. The van der Waals surface area contributed by atoms with Gasteiger partial charge in [-0.1, -0.05) is 11.8 Å². The fourth-order valence-corrected chi connectivity index (χ4v) is 0.707. The van der Waals surface area contributed by atoms with Crippen LogP contribution in [-0.4, -0.2) is 18.0 Å². The van der Waals surface area contributed by atoms with Crippen LogP contribution >= 0.6 is 11.8 Å². The molecule has 0 amide bonds. The number of nitrogens with zero attached hydrogens (tertiary/aromatic N) is 1. The standard InChI is InChI=1S/C4H11N3S/c1-4(7-6-2)8-3-5/h6H,3,5H2,1-2H3/b7-4-. The maximum absolute atomic E-state index is 5.21. The second-order valence-electron chi connectivity index (χ2n) is 1.17. The summed E-state index contributed by atoms with van der Waals surface area (Å²) >= 11 is 1.52. The monoisotopic (exact) mass is 133 g/mol. The highest BCUT2D eigenvalue weighted by atomic mass is 32.2. The summed E-state index contributed by atoms with van der Waals surface area (Å²) in [5, 5.41) is 4.83. The number of rotatable bonds is 2. The predicted octanol–water partition coefficient (Wildman–Crippen LogP) is 0.189. The lowest BCUT2D eigenvalue weighted by Crippen LogP contribution is -2.01. The van der Waals surface area contributed by atoms with Crippen LogP contribution in [0.4, 0.5) is 0 Å². The minimum absolute atomic E-state index is 0.594. The van der Waals surface area contributed by atoms with Gasteiger partial charge in [-0.05, 0) is 6.92 Å². The molecule has 0 saturated carbocycles. The molecule has 0 unspecified atom stereocenters. The van der Waals surface area contributed by atoms with Gasteiger partial charge in [-0.25, -0.2) is 0 Å². The van der Waals surface area contributed by atoms with E-state index in [4.69, 9.17) is 5.73 Å². The van der Waals surface area contributed by atoms with Crippen molar-refractivity contribution in [3.05, 3.63) is 0 Å². The number of hydrogen-bond donors (Lipinski definition) is 2. The van der Waals surface area contributed by atoms with Gasteiger partial charge in [0, 0.05) is 12.9 Å². The predicted molar refractivity (Wildman–Crippen MR) is 38.8 cm³/mol. The van der Waals surface area contributed by atoms with Crippen LogP contribution in [0.1, 0.15) is 6.92 Å². The van der Waals surface area contributed by atoms with Gasteiger partial charge in [-0.3, -0.25) is 0 Å². The first-order chi connectivity index (χ1) is 3.81. The summed E-state index contributed by atoms with van der Waals surface area (Å²) < 4.78 is 0. The van der Waals surface area contributed by atoms with Crippen LogP contribution in [0, 0.1) is 0 Å². The van der Waals surface area contributed by atoms with E-state index in [0.717, 1.165) is 5.04 Å². The third kappa shape index (κ3) is 3.95. The van der Waals surface area contributed by atoms with Crippen LogP contribution in [0.5, 0.6) is 0 Å². The number of thioether (sulfide) groups is 1. The Morgan fingerprint density at radius 2 is 2.50 bits per heavy atom. The summed E-state index contributed by atoms with van der Waals surface area (Å²) in [5.74, 6) is 0.594. The summed E-state index contributed by atoms with van der Waals surface area (Å²) in [6, 6.07) is 0. The summed E-state index contributed by atoms with van der Waals surface area (Å²) in [7, 11) is 1.76. The molecule has 0 aromatic rings. The van der Waals surface area contributed by atoms with Gasteiger partial charge in [0.2, 0.25) is 0 Å². The first-order valence-corrected chi connectivity index (χ1v) is 3.33. The quantitative estimate of drug-likeness (QED) is 0.245. The van der Waals surface area contributed by atoms with E-state index in [1.807, 2.05) is 6.92 Å². The molecule has 0 bridgehead atoms. The Bertz CT molecular complexity index is 81.4. The minimum atomic E-state index is 0.594. The Labute approximate surface area is 53.7 Å². The van der Waals surface area contributed by atoms with Crippen molar-refractivity contribution in [2.45, 2.75) is 6.92 Å². The fraction of sp³-hybridized carbons (Fsp3) is 0.750. The van der Waals surface area contributed by atoms with Gasteiger partial charge < -0.3 is 11.2 Å². The molecule has 0 aliphatic heterocycles. The second kappa shape index (κ2) is 4.93. The molecule has 8 heavy (non-hydrogen) atoms. The van der Waals surface area contributed by atoms with Gasteiger partial charge in [0.25, 0.3) is 0 Å².